The average molecular weight is 227 g/mol. The number of rotatable bonds is 3. The van der Waals surface area contributed by atoms with Crippen LogP contribution in [0.25, 0.3) is 0 Å². The zero-order valence-electron chi connectivity index (χ0n) is 9.93. The lowest BCUT2D eigenvalue weighted by atomic mass is 10.1. The summed E-state index contributed by atoms with van der Waals surface area (Å²) in [5, 5.41) is 6.60. The molecule has 17 heavy (non-hydrogen) atoms. The van der Waals surface area contributed by atoms with E-state index >= 15 is 0 Å². The van der Waals surface area contributed by atoms with Crippen LogP contribution in [0.1, 0.15) is 18.7 Å². The molecule has 2 unspecified atom stereocenters. The topological polar surface area (TPSA) is 36.4 Å². The van der Waals surface area contributed by atoms with Gasteiger partial charge in [-0.15, -0.1) is 0 Å². The highest BCUT2D eigenvalue weighted by Gasteiger charge is 2.19. The lowest BCUT2D eigenvalue weighted by Gasteiger charge is -2.28. The van der Waals surface area contributed by atoms with Gasteiger partial charge < -0.3 is 5.32 Å². The standard InChI is InChI=1S/C14H17N3/c1-3-11(4-2)13-15-10-16-14(17-13)12-8-6-5-7-9-12/h3-10,13-14,17H,1H2,2H3,(H,15,16)/b11-4+. The Balaban J connectivity index is 2.16. The van der Waals surface area contributed by atoms with Crippen LogP contribution in [0.3, 0.4) is 0 Å². The molecule has 3 nitrogen and oxygen atoms in total. The highest BCUT2D eigenvalue weighted by atomic mass is 15.3. The summed E-state index contributed by atoms with van der Waals surface area (Å²) in [6.45, 7) is 5.82. The monoisotopic (exact) mass is 227 g/mol. The van der Waals surface area contributed by atoms with Gasteiger partial charge in [-0.3, -0.25) is 10.3 Å². The number of nitrogens with zero attached hydrogens (tertiary/aromatic N) is 1. The van der Waals surface area contributed by atoms with E-state index in [1.54, 1.807) is 6.34 Å². The minimum atomic E-state index is -0.00245. The molecule has 0 fully saturated rings. The molecular weight excluding hydrogens is 210 g/mol. The molecule has 1 heterocycles. The van der Waals surface area contributed by atoms with Gasteiger partial charge in [0.1, 0.15) is 12.3 Å². The second kappa shape index (κ2) is 5.46. The van der Waals surface area contributed by atoms with Crippen molar-refractivity contribution in [1.29, 1.82) is 0 Å². The molecule has 2 rings (SSSR count). The van der Waals surface area contributed by atoms with Gasteiger partial charge in [0.05, 0.1) is 6.34 Å². The number of aliphatic imine (C=N–C) groups is 1. The van der Waals surface area contributed by atoms with Crippen molar-refractivity contribution in [2.45, 2.75) is 19.3 Å². The van der Waals surface area contributed by atoms with E-state index in [2.05, 4.69) is 34.3 Å². The molecule has 0 aliphatic carbocycles. The SMILES string of the molecule is C=C/C(=C\C)C1NC=NC(c2ccccc2)N1. The van der Waals surface area contributed by atoms with Crippen LogP contribution in [0.5, 0.6) is 0 Å². The van der Waals surface area contributed by atoms with E-state index in [1.165, 1.54) is 0 Å². The van der Waals surface area contributed by atoms with Crippen LogP contribution in [0.15, 0.2) is 59.6 Å². The van der Waals surface area contributed by atoms with Gasteiger partial charge in [0.25, 0.3) is 0 Å². The van der Waals surface area contributed by atoms with Crippen LogP contribution >= 0.6 is 0 Å². The van der Waals surface area contributed by atoms with Crippen molar-refractivity contribution >= 4 is 6.34 Å². The predicted molar refractivity (Wildman–Crippen MR) is 71.7 cm³/mol. The lowest BCUT2D eigenvalue weighted by molar-refractivity contribution is 0.447. The van der Waals surface area contributed by atoms with Crippen molar-refractivity contribution < 1.29 is 0 Å². The van der Waals surface area contributed by atoms with Gasteiger partial charge in [0, 0.05) is 0 Å². The maximum atomic E-state index is 4.39. The molecule has 1 aromatic rings. The fraction of sp³-hybridized carbons (Fsp3) is 0.214. The molecule has 2 N–H and O–H groups in total. The molecule has 2 atom stereocenters. The Bertz CT molecular complexity index is 434. The van der Waals surface area contributed by atoms with Gasteiger partial charge in [-0.2, -0.15) is 0 Å². The molecule has 0 radical (unpaired) electrons. The van der Waals surface area contributed by atoms with Gasteiger partial charge in [-0.1, -0.05) is 49.1 Å². The van der Waals surface area contributed by atoms with Crippen LogP contribution in [-0.4, -0.2) is 12.5 Å². The van der Waals surface area contributed by atoms with Crippen molar-refractivity contribution in [2.24, 2.45) is 4.99 Å². The second-order valence-electron chi connectivity index (χ2n) is 3.85. The van der Waals surface area contributed by atoms with Gasteiger partial charge in [-0.25, -0.2) is 0 Å². The Morgan fingerprint density at radius 2 is 2.12 bits per heavy atom. The molecule has 0 aromatic heterocycles. The summed E-state index contributed by atoms with van der Waals surface area (Å²) in [6.07, 6.45) is 5.72. The minimum absolute atomic E-state index is 0.00245. The van der Waals surface area contributed by atoms with E-state index in [0.717, 1.165) is 11.1 Å². The van der Waals surface area contributed by atoms with E-state index < -0.39 is 0 Å². The summed E-state index contributed by atoms with van der Waals surface area (Å²) in [5.41, 5.74) is 2.28. The van der Waals surface area contributed by atoms with Crippen molar-refractivity contribution in [3.05, 3.63) is 60.2 Å². The van der Waals surface area contributed by atoms with E-state index in [9.17, 15) is 0 Å². The summed E-state index contributed by atoms with van der Waals surface area (Å²) in [4.78, 5) is 4.39. The van der Waals surface area contributed by atoms with Gasteiger partial charge in [0.2, 0.25) is 0 Å². The maximum absolute atomic E-state index is 4.39. The smallest absolute Gasteiger partial charge is 0.129 e. The zero-order valence-corrected chi connectivity index (χ0v) is 9.93. The maximum Gasteiger partial charge on any atom is 0.129 e. The molecule has 1 aromatic carbocycles. The summed E-state index contributed by atoms with van der Waals surface area (Å²) in [6, 6.07) is 10.2. The van der Waals surface area contributed by atoms with Gasteiger partial charge in [-0.05, 0) is 18.1 Å². The molecule has 3 heteroatoms. The quantitative estimate of drug-likeness (QED) is 0.778. The molecule has 0 bridgehead atoms. The van der Waals surface area contributed by atoms with E-state index in [1.807, 2.05) is 37.3 Å². The Hall–Kier alpha value is -1.87. The van der Waals surface area contributed by atoms with E-state index in [0.29, 0.717) is 0 Å². The summed E-state index contributed by atoms with van der Waals surface area (Å²) in [5.74, 6) is 0. The van der Waals surface area contributed by atoms with Crippen molar-refractivity contribution in [2.75, 3.05) is 0 Å². The fourth-order valence-corrected chi connectivity index (χ4v) is 1.85. The van der Waals surface area contributed by atoms with Gasteiger partial charge in [0.15, 0.2) is 0 Å². The molecule has 88 valence electrons. The number of hydrogen-bond donors (Lipinski definition) is 2. The van der Waals surface area contributed by atoms with Gasteiger partial charge >= 0.3 is 0 Å². The molecular formula is C14H17N3. The third-order valence-electron chi connectivity index (χ3n) is 2.81. The molecule has 1 aliphatic rings. The Morgan fingerprint density at radius 1 is 1.35 bits per heavy atom. The van der Waals surface area contributed by atoms with Crippen molar-refractivity contribution in [3.63, 3.8) is 0 Å². The van der Waals surface area contributed by atoms with E-state index in [-0.39, 0.29) is 12.3 Å². The Labute approximate surface area is 102 Å². The van der Waals surface area contributed by atoms with Crippen molar-refractivity contribution in [1.82, 2.24) is 10.6 Å². The first-order chi connectivity index (χ1) is 8.35. The normalized spacial score (nSPS) is 24.2. The van der Waals surface area contributed by atoms with Crippen LogP contribution in [0, 0.1) is 0 Å². The van der Waals surface area contributed by atoms with E-state index in [4.69, 9.17) is 0 Å². The highest BCUT2D eigenvalue weighted by molar-refractivity contribution is 5.58. The summed E-state index contributed by atoms with van der Waals surface area (Å²) in [7, 11) is 0. The fourth-order valence-electron chi connectivity index (χ4n) is 1.85. The first-order valence-electron chi connectivity index (χ1n) is 5.72. The third kappa shape index (κ3) is 2.63. The van der Waals surface area contributed by atoms with Crippen LogP contribution in [0.2, 0.25) is 0 Å². The van der Waals surface area contributed by atoms with Crippen LogP contribution in [0.4, 0.5) is 0 Å². The average Bonchev–Trinajstić information content (AvgIpc) is 2.42. The predicted octanol–water partition coefficient (Wildman–Crippen LogP) is 2.36. The highest BCUT2D eigenvalue weighted by Crippen LogP contribution is 2.17. The third-order valence-corrected chi connectivity index (χ3v) is 2.81. The minimum Gasteiger partial charge on any atom is -0.357 e. The van der Waals surface area contributed by atoms with Crippen LogP contribution in [-0.2, 0) is 0 Å². The molecule has 0 amide bonds. The Kier molecular flexibility index (Phi) is 3.73. The molecule has 1 aliphatic heterocycles. The first kappa shape index (κ1) is 11.6. The lowest BCUT2D eigenvalue weighted by Crippen LogP contribution is -2.47. The number of benzene rings is 1. The number of hydrogen-bond acceptors (Lipinski definition) is 3. The van der Waals surface area contributed by atoms with Crippen molar-refractivity contribution in [3.8, 4) is 0 Å². The number of allylic oxidation sites excluding steroid dienone is 1. The molecule has 0 saturated heterocycles. The Morgan fingerprint density at radius 3 is 2.76 bits per heavy atom. The summed E-state index contributed by atoms with van der Waals surface area (Å²) >= 11 is 0. The zero-order chi connectivity index (χ0) is 12.1. The largest absolute Gasteiger partial charge is 0.357 e. The second-order valence-corrected chi connectivity index (χ2v) is 3.85. The molecule has 0 spiro atoms. The summed E-state index contributed by atoms with van der Waals surface area (Å²) < 4.78 is 0. The first-order valence-corrected chi connectivity index (χ1v) is 5.72. The van der Waals surface area contributed by atoms with Crippen LogP contribution < -0.4 is 10.6 Å². The number of nitrogens with one attached hydrogen (secondary N) is 2. The molecule has 0 saturated carbocycles.